The molecule has 0 unspecified atom stereocenters. The van der Waals surface area contributed by atoms with Crippen LogP contribution in [-0.2, 0) is 0 Å². The second-order valence-corrected chi connectivity index (χ2v) is 7.04. The maximum Gasteiger partial charge on any atom is 0.0941 e. The van der Waals surface area contributed by atoms with Crippen LogP contribution in [0.4, 0.5) is 0 Å². The normalized spacial score (nSPS) is 47.8. The lowest BCUT2D eigenvalue weighted by atomic mass is 9.53. The van der Waals surface area contributed by atoms with Crippen molar-refractivity contribution in [1.82, 2.24) is 0 Å². The maximum atomic E-state index is 2.41. The largest absolute Gasteiger partial charge is 0.870 e. The monoisotopic (exact) mass is 211 g/mol. The molecule has 2 heteroatoms. The Balaban J connectivity index is 0.000000853. The zero-order valence-corrected chi connectivity index (χ0v) is 10.3. The minimum absolute atomic E-state index is 0. The fourth-order valence-electron chi connectivity index (χ4n) is 5.16. The van der Waals surface area contributed by atoms with Crippen LogP contribution >= 0.6 is 0 Å². The highest BCUT2D eigenvalue weighted by atomic mass is 16.0. The lowest BCUT2D eigenvalue weighted by Gasteiger charge is -2.57. The molecule has 0 saturated heterocycles. The van der Waals surface area contributed by atoms with E-state index in [1.165, 1.54) is 4.48 Å². The van der Waals surface area contributed by atoms with E-state index >= 15 is 0 Å². The number of rotatable bonds is 1. The van der Waals surface area contributed by atoms with Crippen molar-refractivity contribution in [3.05, 3.63) is 0 Å². The minimum atomic E-state index is 0. The van der Waals surface area contributed by atoms with Crippen LogP contribution in [-0.4, -0.2) is 37.1 Å². The van der Waals surface area contributed by atoms with Crippen LogP contribution in [0, 0.1) is 23.7 Å². The van der Waals surface area contributed by atoms with Gasteiger partial charge in [-0.05, 0) is 43.9 Å². The van der Waals surface area contributed by atoms with Crippen LogP contribution in [0.2, 0.25) is 0 Å². The molecule has 0 amide bonds. The van der Waals surface area contributed by atoms with E-state index in [-0.39, 0.29) is 5.48 Å². The average Bonchev–Trinajstić information content (AvgIpc) is 1.97. The van der Waals surface area contributed by atoms with Crippen molar-refractivity contribution in [3.8, 4) is 0 Å². The van der Waals surface area contributed by atoms with Crippen LogP contribution in [0.25, 0.3) is 0 Å². The summed E-state index contributed by atoms with van der Waals surface area (Å²) >= 11 is 0. The lowest BCUT2D eigenvalue weighted by molar-refractivity contribution is -0.907. The van der Waals surface area contributed by atoms with E-state index in [0.29, 0.717) is 0 Å². The molecule has 0 aliphatic heterocycles. The van der Waals surface area contributed by atoms with Gasteiger partial charge in [-0.3, -0.25) is 0 Å². The third-order valence-electron chi connectivity index (χ3n) is 5.07. The Labute approximate surface area is 93.6 Å². The van der Waals surface area contributed by atoms with E-state index in [1.54, 1.807) is 32.1 Å². The molecule has 1 N–H and O–H groups in total. The quantitative estimate of drug-likeness (QED) is 0.612. The Hall–Kier alpha value is -0.0800. The summed E-state index contributed by atoms with van der Waals surface area (Å²) in [5.41, 5.74) is 0. The standard InChI is InChI=1S/C13H24N.H2O/c1-14(2,3)13-11-5-9-4-10(7-11)8-12(13)6-9;/h9-13H,4-8H2,1-3H3;1H2/q+1;/p-1. The van der Waals surface area contributed by atoms with Gasteiger partial charge in [0.2, 0.25) is 0 Å². The highest BCUT2D eigenvalue weighted by molar-refractivity contribution is 4.98. The topological polar surface area (TPSA) is 30.0 Å². The molecular formula is C13H25NO. The molecule has 4 rings (SSSR count). The molecule has 2 nitrogen and oxygen atoms in total. The molecule has 15 heavy (non-hydrogen) atoms. The molecule has 0 radical (unpaired) electrons. The van der Waals surface area contributed by atoms with Gasteiger partial charge < -0.3 is 9.96 Å². The predicted molar refractivity (Wildman–Crippen MR) is 60.8 cm³/mol. The summed E-state index contributed by atoms with van der Waals surface area (Å²) in [6.45, 7) is 0. The van der Waals surface area contributed by atoms with E-state index in [1.807, 2.05) is 0 Å². The molecule has 88 valence electrons. The van der Waals surface area contributed by atoms with Crippen molar-refractivity contribution < 1.29 is 9.96 Å². The van der Waals surface area contributed by atoms with Gasteiger partial charge in [0.15, 0.2) is 0 Å². The Bertz CT molecular complexity index is 215. The van der Waals surface area contributed by atoms with Gasteiger partial charge in [-0.2, -0.15) is 0 Å². The Morgan fingerprint density at radius 2 is 1.13 bits per heavy atom. The molecule has 4 bridgehead atoms. The molecule has 0 aromatic rings. The fourth-order valence-corrected chi connectivity index (χ4v) is 5.16. The van der Waals surface area contributed by atoms with Crippen LogP contribution < -0.4 is 0 Å². The lowest BCUT2D eigenvalue weighted by Crippen LogP contribution is -2.60. The number of hydrogen-bond acceptors (Lipinski definition) is 1. The van der Waals surface area contributed by atoms with Crippen molar-refractivity contribution in [2.45, 2.75) is 38.1 Å². The van der Waals surface area contributed by atoms with Gasteiger partial charge in [0.25, 0.3) is 0 Å². The van der Waals surface area contributed by atoms with Crippen molar-refractivity contribution in [2.24, 2.45) is 23.7 Å². The van der Waals surface area contributed by atoms with Gasteiger partial charge in [-0.15, -0.1) is 0 Å². The second kappa shape index (κ2) is 3.46. The van der Waals surface area contributed by atoms with E-state index < -0.39 is 0 Å². The SMILES string of the molecule is C[N+](C)(C)C1C2CC3CC(C2)CC1C3.[OH-]. The van der Waals surface area contributed by atoms with Gasteiger partial charge in [0, 0.05) is 11.8 Å². The number of nitrogens with zero attached hydrogens (tertiary/aromatic N) is 1. The van der Waals surface area contributed by atoms with Crippen molar-refractivity contribution in [2.75, 3.05) is 21.1 Å². The highest BCUT2D eigenvalue weighted by Gasteiger charge is 2.53. The summed E-state index contributed by atoms with van der Waals surface area (Å²) in [6, 6.07) is 0.989. The summed E-state index contributed by atoms with van der Waals surface area (Å²) in [6.07, 6.45) is 7.83. The van der Waals surface area contributed by atoms with Gasteiger partial charge in [0.05, 0.1) is 27.2 Å². The summed E-state index contributed by atoms with van der Waals surface area (Å²) in [7, 11) is 7.23. The zero-order valence-electron chi connectivity index (χ0n) is 10.3. The van der Waals surface area contributed by atoms with Crippen molar-refractivity contribution in [3.63, 3.8) is 0 Å². The third-order valence-corrected chi connectivity index (χ3v) is 5.07. The smallest absolute Gasteiger partial charge is 0.0941 e. The van der Waals surface area contributed by atoms with Gasteiger partial charge in [0.1, 0.15) is 0 Å². The second-order valence-electron chi connectivity index (χ2n) is 7.04. The molecule has 0 spiro atoms. The highest BCUT2D eigenvalue weighted by Crippen LogP contribution is 2.55. The van der Waals surface area contributed by atoms with Crippen molar-refractivity contribution in [1.29, 1.82) is 0 Å². The summed E-state index contributed by atoms with van der Waals surface area (Å²) < 4.78 is 1.22. The molecule has 4 fully saturated rings. The molecule has 0 atom stereocenters. The van der Waals surface area contributed by atoms with Gasteiger partial charge >= 0.3 is 0 Å². The molecule has 0 heterocycles. The maximum absolute atomic E-state index is 2.41. The number of hydrogen-bond donors (Lipinski definition) is 0. The molecule has 0 aromatic carbocycles. The minimum Gasteiger partial charge on any atom is -0.870 e. The van der Waals surface area contributed by atoms with Crippen LogP contribution in [0.1, 0.15) is 32.1 Å². The van der Waals surface area contributed by atoms with Gasteiger partial charge in [-0.1, -0.05) is 0 Å². The Kier molecular flexibility index (Phi) is 2.63. The predicted octanol–water partition coefficient (Wildman–Crippen LogP) is 2.34. The third kappa shape index (κ3) is 1.72. The van der Waals surface area contributed by atoms with E-state index in [9.17, 15) is 0 Å². The first-order chi connectivity index (χ1) is 6.54. The zero-order chi connectivity index (χ0) is 9.92. The number of quaternary nitrogens is 1. The Morgan fingerprint density at radius 3 is 1.47 bits per heavy atom. The van der Waals surface area contributed by atoms with E-state index in [0.717, 1.165) is 29.7 Å². The van der Waals surface area contributed by atoms with E-state index in [4.69, 9.17) is 0 Å². The van der Waals surface area contributed by atoms with Crippen LogP contribution in [0.15, 0.2) is 0 Å². The molecule has 4 saturated carbocycles. The summed E-state index contributed by atoms with van der Waals surface area (Å²) in [5.74, 6) is 4.40. The molecular weight excluding hydrogens is 186 g/mol. The van der Waals surface area contributed by atoms with Crippen LogP contribution in [0.5, 0.6) is 0 Å². The first kappa shape index (κ1) is 11.4. The molecule has 4 aliphatic carbocycles. The van der Waals surface area contributed by atoms with Crippen LogP contribution in [0.3, 0.4) is 0 Å². The van der Waals surface area contributed by atoms with E-state index in [2.05, 4.69) is 21.1 Å². The first-order valence-corrected chi connectivity index (χ1v) is 6.35. The molecule has 4 aliphatic rings. The summed E-state index contributed by atoms with van der Waals surface area (Å²) in [4.78, 5) is 0. The first-order valence-electron chi connectivity index (χ1n) is 6.35. The van der Waals surface area contributed by atoms with Gasteiger partial charge in [-0.25, -0.2) is 0 Å². The summed E-state index contributed by atoms with van der Waals surface area (Å²) in [5, 5.41) is 0. The average molecular weight is 211 g/mol. The fraction of sp³-hybridized carbons (Fsp3) is 1.00. The van der Waals surface area contributed by atoms with Crippen molar-refractivity contribution >= 4 is 0 Å². The molecule has 0 aromatic heterocycles. The Morgan fingerprint density at radius 1 is 0.733 bits per heavy atom.